The largest absolute Gasteiger partial charge is 0.356 e. The third-order valence-corrected chi connectivity index (χ3v) is 5.05. The number of rotatable bonds is 10. The van der Waals surface area contributed by atoms with E-state index in [0.717, 1.165) is 12.0 Å². The van der Waals surface area contributed by atoms with Crippen molar-refractivity contribution in [1.29, 1.82) is 0 Å². The SMILES string of the molecule is CCCNC(=O)CNC(=O)CSc1nnc(NCc2ccccc2)s1. The number of nitrogens with zero attached hydrogens (tertiary/aromatic N) is 2. The Hall–Kier alpha value is -2.13. The van der Waals surface area contributed by atoms with Gasteiger partial charge in [-0.2, -0.15) is 0 Å². The van der Waals surface area contributed by atoms with Gasteiger partial charge in [-0.15, -0.1) is 10.2 Å². The van der Waals surface area contributed by atoms with E-state index in [1.54, 1.807) is 0 Å². The fourth-order valence-electron chi connectivity index (χ4n) is 1.80. The van der Waals surface area contributed by atoms with Gasteiger partial charge in [0.05, 0.1) is 12.3 Å². The van der Waals surface area contributed by atoms with Crippen molar-refractivity contribution >= 4 is 40.0 Å². The van der Waals surface area contributed by atoms with Crippen LogP contribution in [-0.4, -0.2) is 40.9 Å². The summed E-state index contributed by atoms with van der Waals surface area (Å²) in [6, 6.07) is 10.0. The van der Waals surface area contributed by atoms with Crippen molar-refractivity contribution in [3.05, 3.63) is 35.9 Å². The van der Waals surface area contributed by atoms with Crippen molar-refractivity contribution < 1.29 is 9.59 Å². The van der Waals surface area contributed by atoms with Crippen LogP contribution < -0.4 is 16.0 Å². The van der Waals surface area contributed by atoms with Gasteiger partial charge < -0.3 is 16.0 Å². The molecular weight excluding hydrogens is 358 g/mol. The molecule has 0 aliphatic rings. The molecule has 0 saturated heterocycles. The normalized spacial score (nSPS) is 10.3. The first kappa shape index (κ1) is 19.2. The topological polar surface area (TPSA) is 96.0 Å². The van der Waals surface area contributed by atoms with Gasteiger partial charge in [0.2, 0.25) is 16.9 Å². The maximum Gasteiger partial charge on any atom is 0.239 e. The summed E-state index contributed by atoms with van der Waals surface area (Å²) in [7, 11) is 0. The van der Waals surface area contributed by atoms with Crippen LogP contribution in [0.4, 0.5) is 5.13 Å². The van der Waals surface area contributed by atoms with Crippen LogP contribution in [0.3, 0.4) is 0 Å². The maximum absolute atomic E-state index is 11.7. The Morgan fingerprint density at radius 2 is 1.92 bits per heavy atom. The summed E-state index contributed by atoms with van der Waals surface area (Å²) in [6.45, 7) is 3.26. The molecule has 0 spiro atoms. The second-order valence-electron chi connectivity index (χ2n) is 5.13. The van der Waals surface area contributed by atoms with Crippen LogP contribution in [0.15, 0.2) is 34.7 Å². The molecule has 0 saturated carbocycles. The van der Waals surface area contributed by atoms with Crippen LogP contribution in [0.5, 0.6) is 0 Å². The summed E-state index contributed by atoms with van der Waals surface area (Å²) in [4.78, 5) is 23.2. The van der Waals surface area contributed by atoms with Crippen LogP contribution in [-0.2, 0) is 16.1 Å². The van der Waals surface area contributed by atoms with E-state index >= 15 is 0 Å². The van der Waals surface area contributed by atoms with E-state index in [2.05, 4.69) is 26.1 Å². The van der Waals surface area contributed by atoms with Gasteiger partial charge in [-0.05, 0) is 12.0 Å². The molecule has 0 aliphatic carbocycles. The molecule has 9 heteroatoms. The highest BCUT2D eigenvalue weighted by atomic mass is 32.2. The van der Waals surface area contributed by atoms with Crippen molar-refractivity contribution in [2.45, 2.75) is 24.2 Å². The summed E-state index contributed by atoms with van der Waals surface area (Å²) in [6.07, 6.45) is 0.868. The second kappa shape index (κ2) is 10.7. The number of nitrogens with one attached hydrogen (secondary N) is 3. The molecule has 25 heavy (non-hydrogen) atoms. The van der Waals surface area contributed by atoms with E-state index in [9.17, 15) is 9.59 Å². The van der Waals surface area contributed by atoms with E-state index in [4.69, 9.17) is 0 Å². The van der Waals surface area contributed by atoms with E-state index in [1.165, 1.54) is 23.1 Å². The zero-order valence-corrected chi connectivity index (χ0v) is 15.6. The number of hydrogen-bond donors (Lipinski definition) is 3. The number of carbonyl (C=O) groups is 2. The van der Waals surface area contributed by atoms with Crippen molar-refractivity contribution in [3.8, 4) is 0 Å². The quantitative estimate of drug-likeness (QED) is 0.546. The van der Waals surface area contributed by atoms with Gasteiger partial charge >= 0.3 is 0 Å². The number of benzene rings is 1. The van der Waals surface area contributed by atoms with Crippen molar-refractivity contribution in [1.82, 2.24) is 20.8 Å². The Balaban J connectivity index is 1.67. The molecule has 2 aromatic rings. The average Bonchev–Trinajstić information content (AvgIpc) is 3.10. The molecule has 0 fully saturated rings. The third-order valence-electron chi connectivity index (χ3n) is 3.04. The number of hydrogen-bond acceptors (Lipinski definition) is 7. The lowest BCUT2D eigenvalue weighted by Crippen LogP contribution is -2.37. The smallest absolute Gasteiger partial charge is 0.239 e. The van der Waals surface area contributed by atoms with Gasteiger partial charge in [-0.1, -0.05) is 60.4 Å². The maximum atomic E-state index is 11.7. The van der Waals surface area contributed by atoms with Gasteiger partial charge in [0, 0.05) is 13.1 Å². The lowest BCUT2D eigenvalue weighted by Gasteiger charge is -2.05. The molecule has 134 valence electrons. The summed E-state index contributed by atoms with van der Waals surface area (Å²) in [5, 5.41) is 17.3. The van der Waals surface area contributed by atoms with Gasteiger partial charge in [0.1, 0.15) is 0 Å². The Morgan fingerprint density at radius 1 is 1.12 bits per heavy atom. The molecule has 0 unspecified atom stereocenters. The van der Waals surface area contributed by atoms with E-state index < -0.39 is 0 Å². The summed E-state index contributed by atoms with van der Waals surface area (Å²) < 4.78 is 0.709. The van der Waals surface area contributed by atoms with Crippen LogP contribution in [0.25, 0.3) is 0 Å². The first-order valence-electron chi connectivity index (χ1n) is 7.95. The Bertz CT molecular complexity index is 678. The van der Waals surface area contributed by atoms with E-state index in [-0.39, 0.29) is 24.1 Å². The van der Waals surface area contributed by atoms with Gasteiger partial charge in [-0.25, -0.2) is 0 Å². The molecule has 0 atom stereocenters. The zero-order chi connectivity index (χ0) is 17.9. The first-order valence-corrected chi connectivity index (χ1v) is 9.75. The Labute approximate surface area is 155 Å². The standard InChI is InChI=1S/C16H21N5O2S2/c1-2-8-17-13(22)10-18-14(23)11-24-16-21-20-15(25-16)19-9-12-6-4-3-5-7-12/h3-7H,2,8-11H2,1H3,(H,17,22)(H,18,23)(H,19,20). The summed E-state index contributed by atoms with van der Waals surface area (Å²) in [5.74, 6) is -0.178. The molecule has 0 bridgehead atoms. The average molecular weight is 380 g/mol. The number of amides is 2. The van der Waals surface area contributed by atoms with Crippen molar-refractivity contribution in [2.75, 3.05) is 24.2 Å². The predicted molar refractivity (Wildman–Crippen MR) is 101 cm³/mol. The van der Waals surface area contributed by atoms with E-state index in [1.807, 2.05) is 37.3 Å². The van der Waals surface area contributed by atoms with Crippen LogP contribution in [0.2, 0.25) is 0 Å². The molecular formula is C16H21N5O2S2. The van der Waals surface area contributed by atoms with Gasteiger partial charge in [0.15, 0.2) is 4.34 Å². The molecule has 0 radical (unpaired) electrons. The van der Waals surface area contributed by atoms with Crippen molar-refractivity contribution in [3.63, 3.8) is 0 Å². The predicted octanol–water partition coefficient (Wildman–Crippen LogP) is 1.88. The number of anilines is 1. The zero-order valence-electron chi connectivity index (χ0n) is 13.9. The second-order valence-corrected chi connectivity index (χ2v) is 7.33. The molecule has 2 rings (SSSR count). The van der Waals surface area contributed by atoms with Crippen molar-refractivity contribution in [2.24, 2.45) is 0 Å². The fourth-order valence-corrected chi connectivity index (χ4v) is 3.37. The number of aromatic nitrogens is 2. The molecule has 7 nitrogen and oxygen atoms in total. The lowest BCUT2D eigenvalue weighted by molar-refractivity contribution is -0.124. The lowest BCUT2D eigenvalue weighted by atomic mass is 10.2. The van der Waals surface area contributed by atoms with Gasteiger partial charge in [0.25, 0.3) is 0 Å². The highest BCUT2D eigenvalue weighted by molar-refractivity contribution is 8.01. The molecule has 1 heterocycles. The number of thioether (sulfide) groups is 1. The van der Waals surface area contributed by atoms with Crippen LogP contribution in [0, 0.1) is 0 Å². The van der Waals surface area contributed by atoms with E-state index in [0.29, 0.717) is 22.6 Å². The fraction of sp³-hybridized carbons (Fsp3) is 0.375. The Morgan fingerprint density at radius 3 is 2.68 bits per heavy atom. The molecule has 1 aromatic heterocycles. The minimum absolute atomic E-state index is 0.000602. The third kappa shape index (κ3) is 7.53. The minimum atomic E-state index is -0.203. The molecule has 1 aromatic carbocycles. The van der Waals surface area contributed by atoms with Gasteiger partial charge in [-0.3, -0.25) is 9.59 Å². The monoisotopic (exact) mass is 379 g/mol. The molecule has 3 N–H and O–H groups in total. The van der Waals surface area contributed by atoms with Crippen LogP contribution >= 0.6 is 23.1 Å². The summed E-state index contributed by atoms with van der Waals surface area (Å²) in [5.41, 5.74) is 1.16. The number of carbonyl (C=O) groups excluding carboxylic acids is 2. The highest BCUT2D eigenvalue weighted by Gasteiger charge is 2.09. The first-order chi connectivity index (χ1) is 12.2. The summed E-state index contributed by atoms with van der Waals surface area (Å²) >= 11 is 2.70. The highest BCUT2D eigenvalue weighted by Crippen LogP contribution is 2.25. The minimum Gasteiger partial charge on any atom is -0.356 e. The molecule has 0 aliphatic heterocycles. The Kier molecular flexibility index (Phi) is 8.20. The molecule has 2 amide bonds. The van der Waals surface area contributed by atoms with Crippen LogP contribution in [0.1, 0.15) is 18.9 Å².